The fourth-order valence-electron chi connectivity index (χ4n) is 2.63. The Kier molecular flexibility index (Phi) is 6.38. The van der Waals surface area contributed by atoms with Crippen LogP contribution in [0.15, 0.2) is 34.5 Å². The maximum atomic E-state index is 11.8. The Bertz CT molecular complexity index is 451. The number of carbonyl (C=O) groups is 1. The third-order valence-corrected chi connectivity index (χ3v) is 3.90. The first-order chi connectivity index (χ1) is 10.2. The molecule has 0 aliphatic heterocycles. The zero-order chi connectivity index (χ0) is 14.9. The van der Waals surface area contributed by atoms with Crippen LogP contribution < -0.4 is 10.6 Å². The molecule has 0 bridgehead atoms. The second-order valence-corrected chi connectivity index (χ2v) is 5.78. The van der Waals surface area contributed by atoms with E-state index in [0.717, 1.165) is 31.6 Å². The third-order valence-electron chi connectivity index (χ3n) is 3.90. The predicted octanol–water partition coefficient (Wildman–Crippen LogP) is 3.79. The Morgan fingerprint density at radius 1 is 1.38 bits per heavy atom. The molecule has 1 aromatic heterocycles. The number of nitrogens with one attached hydrogen (secondary N) is 2. The van der Waals surface area contributed by atoms with Crippen LogP contribution in [0.2, 0.25) is 0 Å². The lowest BCUT2D eigenvalue weighted by Crippen LogP contribution is -2.41. The number of hydrogen-bond donors (Lipinski definition) is 2. The molecule has 116 valence electrons. The normalized spacial score (nSPS) is 16.1. The van der Waals surface area contributed by atoms with E-state index in [9.17, 15) is 4.79 Å². The highest BCUT2D eigenvalue weighted by atomic mass is 16.3. The van der Waals surface area contributed by atoms with E-state index in [1.54, 1.807) is 6.26 Å². The van der Waals surface area contributed by atoms with Gasteiger partial charge in [-0.25, -0.2) is 4.79 Å². The highest BCUT2D eigenvalue weighted by Gasteiger charge is 2.08. The van der Waals surface area contributed by atoms with E-state index in [0.29, 0.717) is 0 Å². The number of allylic oxidation sites excluding steroid dienone is 1. The number of urea groups is 1. The summed E-state index contributed by atoms with van der Waals surface area (Å²) in [7, 11) is 0. The number of carbonyl (C=O) groups excluding carboxylic acids is 1. The molecule has 1 atom stereocenters. The van der Waals surface area contributed by atoms with Gasteiger partial charge in [0.1, 0.15) is 5.76 Å². The zero-order valence-electron chi connectivity index (χ0n) is 12.9. The van der Waals surface area contributed by atoms with Crippen molar-refractivity contribution in [2.24, 2.45) is 0 Å². The Hall–Kier alpha value is -1.71. The molecule has 0 saturated carbocycles. The van der Waals surface area contributed by atoms with Gasteiger partial charge in [-0.05, 0) is 57.6 Å². The molecule has 0 radical (unpaired) electrons. The molecule has 4 nitrogen and oxygen atoms in total. The maximum Gasteiger partial charge on any atom is 0.315 e. The van der Waals surface area contributed by atoms with Crippen molar-refractivity contribution in [3.8, 4) is 0 Å². The van der Waals surface area contributed by atoms with E-state index in [2.05, 4.69) is 16.7 Å². The number of amides is 2. The van der Waals surface area contributed by atoms with Gasteiger partial charge in [-0.2, -0.15) is 0 Å². The predicted molar refractivity (Wildman–Crippen MR) is 84.2 cm³/mol. The smallest absolute Gasteiger partial charge is 0.315 e. The lowest BCUT2D eigenvalue weighted by atomic mass is 9.97. The molecule has 4 heteroatoms. The van der Waals surface area contributed by atoms with Crippen LogP contribution in [-0.2, 0) is 6.42 Å². The highest BCUT2D eigenvalue weighted by molar-refractivity contribution is 5.74. The van der Waals surface area contributed by atoms with Gasteiger partial charge in [-0.3, -0.25) is 0 Å². The average Bonchev–Trinajstić information content (AvgIpc) is 2.99. The molecule has 0 unspecified atom stereocenters. The van der Waals surface area contributed by atoms with Crippen molar-refractivity contribution in [3.05, 3.63) is 35.8 Å². The Labute approximate surface area is 127 Å². The number of rotatable bonds is 7. The van der Waals surface area contributed by atoms with Gasteiger partial charge in [0.25, 0.3) is 0 Å². The van der Waals surface area contributed by atoms with E-state index in [1.807, 2.05) is 19.1 Å². The summed E-state index contributed by atoms with van der Waals surface area (Å²) in [5.74, 6) is 0.966. The quantitative estimate of drug-likeness (QED) is 0.751. The molecule has 1 aromatic rings. The SMILES string of the molecule is C[C@H](CCc1ccco1)NC(=O)NCCC1=CCCCC1. The van der Waals surface area contributed by atoms with E-state index >= 15 is 0 Å². The third kappa shape index (κ3) is 6.06. The van der Waals surface area contributed by atoms with Gasteiger partial charge < -0.3 is 15.1 Å². The summed E-state index contributed by atoms with van der Waals surface area (Å²) in [6.07, 6.45) is 11.7. The summed E-state index contributed by atoms with van der Waals surface area (Å²) in [5, 5.41) is 5.91. The van der Waals surface area contributed by atoms with Crippen molar-refractivity contribution < 1.29 is 9.21 Å². The minimum absolute atomic E-state index is 0.0710. The summed E-state index contributed by atoms with van der Waals surface area (Å²) in [6.45, 7) is 2.74. The molecule has 2 rings (SSSR count). The molecule has 1 aliphatic carbocycles. The van der Waals surface area contributed by atoms with Gasteiger partial charge in [0, 0.05) is 19.0 Å². The van der Waals surface area contributed by atoms with Gasteiger partial charge >= 0.3 is 6.03 Å². The zero-order valence-corrected chi connectivity index (χ0v) is 12.9. The van der Waals surface area contributed by atoms with Crippen LogP contribution in [-0.4, -0.2) is 18.6 Å². The minimum Gasteiger partial charge on any atom is -0.469 e. The van der Waals surface area contributed by atoms with Gasteiger partial charge in [0.2, 0.25) is 0 Å². The van der Waals surface area contributed by atoms with Crippen LogP contribution in [0.5, 0.6) is 0 Å². The van der Waals surface area contributed by atoms with Crippen LogP contribution in [0.1, 0.15) is 51.2 Å². The lowest BCUT2D eigenvalue weighted by Gasteiger charge is -2.15. The summed E-state index contributed by atoms with van der Waals surface area (Å²) < 4.78 is 5.29. The molecule has 2 N–H and O–H groups in total. The number of furan rings is 1. The molecule has 21 heavy (non-hydrogen) atoms. The molecule has 1 aliphatic rings. The van der Waals surface area contributed by atoms with Crippen molar-refractivity contribution in [2.75, 3.05) is 6.54 Å². The Morgan fingerprint density at radius 3 is 3.00 bits per heavy atom. The van der Waals surface area contributed by atoms with E-state index in [1.165, 1.54) is 31.3 Å². The first kappa shape index (κ1) is 15.7. The van der Waals surface area contributed by atoms with E-state index < -0.39 is 0 Å². The minimum atomic E-state index is -0.0710. The van der Waals surface area contributed by atoms with Crippen molar-refractivity contribution in [1.29, 1.82) is 0 Å². The number of hydrogen-bond acceptors (Lipinski definition) is 2. The molecular formula is C17H26N2O2. The lowest BCUT2D eigenvalue weighted by molar-refractivity contribution is 0.237. The molecule has 2 amide bonds. The average molecular weight is 290 g/mol. The maximum absolute atomic E-state index is 11.8. The molecule has 0 aromatic carbocycles. The van der Waals surface area contributed by atoms with Gasteiger partial charge in [-0.1, -0.05) is 11.6 Å². The summed E-state index contributed by atoms with van der Waals surface area (Å²) in [5.41, 5.74) is 1.49. The second kappa shape index (κ2) is 8.55. The summed E-state index contributed by atoms with van der Waals surface area (Å²) in [6, 6.07) is 3.92. The van der Waals surface area contributed by atoms with E-state index in [4.69, 9.17) is 4.42 Å². The fraction of sp³-hybridized carbons (Fsp3) is 0.588. The monoisotopic (exact) mass is 290 g/mol. The van der Waals surface area contributed by atoms with Crippen molar-refractivity contribution in [2.45, 2.75) is 57.9 Å². The van der Waals surface area contributed by atoms with Crippen molar-refractivity contribution in [1.82, 2.24) is 10.6 Å². The van der Waals surface area contributed by atoms with Crippen LogP contribution in [0, 0.1) is 0 Å². The largest absolute Gasteiger partial charge is 0.469 e. The molecular weight excluding hydrogens is 264 g/mol. The molecule has 0 spiro atoms. The fourth-order valence-corrected chi connectivity index (χ4v) is 2.63. The summed E-state index contributed by atoms with van der Waals surface area (Å²) in [4.78, 5) is 11.8. The molecule has 0 saturated heterocycles. The van der Waals surface area contributed by atoms with Crippen LogP contribution in [0.3, 0.4) is 0 Å². The first-order valence-electron chi connectivity index (χ1n) is 7.98. The van der Waals surface area contributed by atoms with Crippen molar-refractivity contribution in [3.63, 3.8) is 0 Å². The van der Waals surface area contributed by atoms with Crippen molar-refractivity contribution >= 4 is 6.03 Å². The van der Waals surface area contributed by atoms with Crippen LogP contribution in [0.25, 0.3) is 0 Å². The Morgan fingerprint density at radius 2 is 2.29 bits per heavy atom. The van der Waals surface area contributed by atoms with Crippen LogP contribution in [0.4, 0.5) is 4.79 Å². The highest BCUT2D eigenvalue weighted by Crippen LogP contribution is 2.19. The van der Waals surface area contributed by atoms with E-state index in [-0.39, 0.29) is 12.1 Å². The topological polar surface area (TPSA) is 54.3 Å². The summed E-state index contributed by atoms with van der Waals surface area (Å²) >= 11 is 0. The number of aryl methyl sites for hydroxylation is 1. The van der Waals surface area contributed by atoms with Crippen LogP contribution >= 0.6 is 0 Å². The molecule has 1 heterocycles. The first-order valence-corrected chi connectivity index (χ1v) is 7.98. The van der Waals surface area contributed by atoms with Gasteiger partial charge in [-0.15, -0.1) is 0 Å². The van der Waals surface area contributed by atoms with Gasteiger partial charge in [0.15, 0.2) is 0 Å². The standard InChI is InChI=1S/C17H26N2O2/c1-14(9-10-16-8-5-13-21-16)19-17(20)18-12-11-15-6-3-2-4-7-15/h5-6,8,13-14H,2-4,7,9-12H2,1H3,(H2,18,19,20)/t14-/m1/s1. The second-order valence-electron chi connectivity index (χ2n) is 5.78. The molecule has 0 fully saturated rings. The Balaban J connectivity index is 1.56. The van der Waals surface area contributed by atoms with Gasteiger partial charge in [0.05, 0.1) is 6.26 Å².